The number of nitrogens with zero attached hydrogens (tertiary/aromatic N) is 4. The monoisotopic (exact) mass is 371 g/mol. The van der Waals surface area contributed by atoms with Gasteiger partial charge in [0, 0.05) is 38.9 Å². The van der Waals surface area contributed by atoms with E-state index in [9.17, 15) is 4.79 Å². The molecule has 7 heteroatoms. The van der Waals surface area contributed by atoms with Crippen molar-refractivity contribution in [2.75, 3.05) is 52.5 Å². The molecule has 7 nitrogen and oxygen atoms in total. The molecule has 2 aromatic heterocycles. The zero-order valence-electron chi connectivity index (χ0n) is 15.9. The summed E-state index contributed by atoms with van der Waals surface area (Å²) in [5, 5.41) is 3.53. The standard InChI is InChI=1S/C20H29N5O2/c26-20(24-12-14-27-15-13-24)19-17(25-10-5-2-6-18(25)22-19)16-21-7-11-23-8-3-1-4-9-23/h2,5-6,10,21H,1,3-4,7-9,11-16H2. The van der Waals surface area contributed by atoms with Crippen LogP contribution in [-0.4, -0.2) is 77.6 Å². The van der Waals surface area contributed by atoms with Gasteiger partial charge in [-0.15, -0.1) is 0 Å². The molecule has 2 fully saturated rings. The number of nitrogens with one attached hydrogen (secondary N) is 1. The third-order valence-electron chi connectivity index (χ3n) is 5.48. The van der Waals surface area contributed by atoms with Gasteiger partial charge in [0.15, 0.2) is 5.69 Å². The number of imidazole rings is 1. The normalized spacial score (nSPS) is 18.9. The molecule has 2 saturated heterocycles. The summed E-state index contributed by atoms with van der Waals surface area (Å²) in [5.74, 6) is 0.00910. The Morgan fingerprint density at radius 1 is 1.11 bits per heavy atom. The predicted molar refractivity (Wildman–Crippen MR) is 104 cm³/mol. The number of pyridine rings is 1. The summed E-state index contributed by atoms with van der Waals surface area (Å²) in [6.45, 7) is 7.50. The number of carbonyl (C=O) groups excluding carboxylic acids is 1. The van der Waals surface area contributed by atoms with Crippen LogP contribution in [0.25, 0.3) is 5.65 Å². The van der Waals surface area contributed by atoms with Crippen LogP contribution in [0.15, 0.2) is 24.4 Å². The van der Waals surface area contributed by atoms with Crippen molar-refractivity contribution in [2.45, 2.75) is 25.8 Å². The van der Waals surface area contributed by atoms with Gasteiger partial charge in [0.2, 0.25) is 0 Å². The van der Waals surface area contributed by atoms with E-state index in [0.29, 0.717) is 38.5 Å². The number of amides is 1. The second-order valence-corrected chi connectivity index (χ2v) is 7.32. The molecular weight excluding hydrogens is 342 g/mol. The van der Waals surface area contributed by atoms with Gasteiger partial charge in [0.25, 0.3) is 5.91 Å². The molecule has 146 valence electrons. The molecule has 2 aliphatic heterocycles. The number of hydrogen-bond donors (Lipinski definition) is 1. The Morgan fingerprint density at radius 2 is 1.93 bits per heavy atom. The number of carbonyl (C=O) groups is 1. The molecule has 2 aliphatic rings. The molecule has 27 heavy (non-hydrogen) atoms. The van der Waals surface area contributed by atoms with Crippen LogP contribution in [0.1, 0.15) is 35.4 Å². The van der Waals surface area contributed by atoms with Crippen molar-refractivity contribution >= 4 is 11.6 Å². The Hall–Kier alpha value is -1.96. The first-order chi connectivity index (χ1) is 13.3. The number of ether oxygens (including phenoxy) is 1. The van der Waals surface area contributed by atoms with E-state index in [4.69, 9.17) is 4.74 Å². The van der Waals surface area contributed by atoms with Gasteiger partial charge in [-0.05, 0) is 38.1 Å². The molecule has 0 saturated carbocycles. The smallest absolute Gasteiger partial charge is 0.274 e. The van der Waals surface area contributed by atoms with Gasteiger partial charge in [0.1, 0.15) is 5.65 Å². The highest BCUT2D eigenvalue weighted by Crippen LogP contribution is 2.16. The van der Waals surface area contributed by atoms with E-state index < -0.39 is 0 Å². The number of morpholine rings is 1. The number of fused-ring (bicyclic) bond motifs is 1. The Labute approximate surface area is 160 Å². The highest BCUT2D eigenvalue weighted by Gasteiger charge is 2.25. The van der Waals surface area contributed by atoms with Crippen LogP contribution in [0.4, 0.5) is 0 Å². The lowest BCUT2D eigenvalue weighted by molar-refractivity contribution is 0.0298. The van der Waals surface area contributed by atoms with Crippen molar-refractivity contribution in [2.24, 2.45) is 0 Å². The minimum Gasteiger partial charge on any atom is -0.378 e. The number of hydrogen-bond acceptors (Lipinski definition) is 5. The van der Waals surface area contributed by atoms with Gasteiger partial charge in [-0.3, -0.25) is 4.79 Å². The molecule has 1 N–H and O–H groups in total. The lowest BCUT2D eigenvalue weighted by Gasteiger charge is -2.27. The fourth-order valence-electron chi connectivity index (χ4n) is 3.93. The zero-order valence-corrected chi connectivity index (χ0v) is 15.9. The van der Waals surface area contributed by atoms with Crippen molar-refractivity contribution in [1.82, 2.24) is 24.5 Å². The third-order valence-corrected chi connectivity index (χ3v) is 5.48. The van der Waals surface area contributed by atoms with Crippen LogP contribution in [0.5, 0.6) is 0 Å². The maximum Gasteiger partial charge on any atom is 0.274 e. The maximum atomic E-state index is 13.0. The summed E-state index contributed by atoms with van der Waals surface area (Å²) < 4.78 is 7.40. The predicted octanol–water partition coefficient (Wildman–Crippen LogP) is 1.38. The Morgan fingerprint density at radius 3 is 2.74 bits per heavy atom. The van der Waals surface area contributed by atoms with Crippen molar-refractivity contribution in [3.63, 3.8) is 0 Å². The van der Waals surface area contributed by atoms with Gasteiger partial charge in [-0.1, -0.05) is 12.5 Å². The lowest BCUT2D eigenvalue weighted by atomic mass is 10.1. The quantitative estimate of drug-likeness (QED) is 0.778. The van der Waals surface area contributed by atoms with Crippen LogP contribution in [0.3, 0.4) is 0 Å². The van der Waals surface area contributed by atoms with Crippen LogP contribution in [0.2, 0.25) is 0 Å². The second kappa shape index (κ2) is 8.82. The van der Waals surface area contributed by atoms with Gasteiger partial charge in [-0.25, -0.2) is 4.98 Å². The van der Waals surface area contributed by atoms with E-state index in [-0.39, 0.29) is 5.91 Å². The molecule has 0 spiro atoms. The molecule has 0 bridgehead atoms. The zero-order chi connectivity index (χ0) is 18.5. The number of rotatable bonds is 6. The third kappa shape index (κ3) is 4.31. The summed E-state index contributed by atoms with van der Waals surface area (Å²) in [5.41, 5.74) is 2.33. The SMILES string of the molecule is O=C(c1nc2ccccn2c1CNCCN1CCCCC1)N1CCOCC1. The van der Waals surface area contributed by atoms with Crippen LogP contribution in [-0.2, 0) is 11.3 Å². The van der Waals surface area contributed by atoms with E-state index >= 15 is 0 Å². The molecule has 0 unspecified atom stereocenters. The Kier molecular flexibility index (Phi) is 6.01. The van der Waals surface area contributed by atoms with Gasteiger partial charge in [-0.2, -0.15) is 0 Å². The highest BCUT2D eigenvalue weighted by molar-refractivity contribution is 5.94. The average Bonchev–Trinajstić information content (AvgIpc) is 3.11. The molecular formula is C20H29N5O2. The minimum absolute atomic E-state index is 0.00910. The summed E-state index contributed by atoms with van der Waals surface area (Å²) in [7, 11) is 0. The molecule has 2 aromatic rings. The molecule has 4 rings (SSSR count). The first-order valence-corrected chi connectivity index (χ1v) is 10.1. The summed E-state index contributed by atoms with van der Waals surface area (Å²) in [4.78, 5) is 22.0. The fraction of sp³-hybridized carbons (Fsp3) is 0.600. The van der Waals surface area contributed by atoms with Gasteiger partial charge < -0.3 is 24.3 Å². The minimum atomic E-state index is 0.00910. The van der Waals surface area contributed by atoms with Crippen LogP contribution >= 0.6 is 0 Å². The Bertz CT molecular complexity index is 763. The van der Waals surface area contributed by atoms with E-state index in [1.165, 1.54) is 32.4 Å². The largest absolute Gasteiger partial charge is 0.378 e. The van der Waals surface area contributed by atoms with Gasteiger partial charge in [0.05, 0.1) is 18.9 Å². The number of aromatic nitrogens is 2. The summed E-state index contributed by atoms with van der Waals surface area (Å²) in [6.07, 6.45) is 5.97. The van der Waals surface area contributed by atoms with E-state index in [1.54, 1.807) is 0 Å². The first-order valence-electron chi connectivity index (χ1n) is 10.1. The maximum absolute atomic E-state index is 13.0. The molecule has 0 atom stereocenters. The summed E-state index contributed by atoms with van der Waals surface area (Å²) in [6, 6.07) is 5.89. The lowest BCUT2D eigenvalue weighted by Crippen LogP contribution is -2.41. The second-order valence-electron chi connectivity index (χ2n) is 7.32. The van der Waals surface area contributed by atoms with Crippen LogP contribution in [0, 0.1) is 0 Å². The first kappa shape index (κ1) is 18.4. The molecule has 0 aromatic carbocycles. The summed E-state index contributed by atoms with van der Waals surface area (Å²) >= 11 is 0. The van der Waals surface area contributed by atoms with Crippen molar-refractivity contribution in [3.05, 3.63) is 35.8 Å². The molecule has 0 aliphatic carbocycles. The van der Waals surface area contributed by atoms with E-state index in [0.717, 1.165) is 24.4 Å². The van der Waals surface area contributed by atoms with Crippen molar-refractivity contribution in [1.29, 1.82) is 0 Å². The average molecular weight is 371 g/mol. The highest BCUT2D eigenvalue weighted by atomic mass is 16.5. The molecule has 4 heterocycles. The topological polar surface area (TPSA) is 62.1 Å². The van der Waals surface area contributed by atoms with Crippen molar-refractivity contribution in [3.8, 4) is 0 Å². The molecule has 1 amide bonds. The molecule has 0 radical (unpaired) electrons. The number of likely N-dealkylation sites (tertiary alicyclic amines) is 1. The van der Waals surface area contributed by atoms with Crippen LogP contribution < -0.4 is 5.32 Å². The number of piperidine rings is 1. The fourth-order valence-corrected chi connectivity index (χ4v) is 3.93. The van der Waals surface area contributed by atoms with E-state index in [1.807, 2.05) is 33.7 Å². The van der Waals surface area contributed by atoms with E-state index in [2.05, 4.69) is 15.2 Å². The van der Waals surface area contributed by atoms with Gasteiger partial charge >= 0.3 is 0 Å². The Balaban J connectivity index is 1.45. The van der Waals surface area contributed by atoms with Crippen molar-refractivity contribution < 1.29 is 9.53 Å².